The normalized spacial score (nSPS) is 15.9. The van der Waals surface area contributed by atoms with Crippen LogP contribution >= 0.6 is 11.3 Å². The van der Waals surface area contributed by atoms with Crippen LogP contribution in [0.2, 0.25) is 0 Å². The summed E-state index contributed by atoms with van der Waals surface area (Å²) < 4.78 is 0. The van der Waals surface area contributed by atoms with Crippen molar-refractivity contribution in [1.29, 1.82) is 5.26 Å². The molecular formula is C26H31N5OS. The maximum atomic E-state index is 13.4. The van der Waals surface area contributed by atoms with Crippen molar-refractivity contribution in [2.24, 2.45) is 10.9 Å². The summed E-state index contributed by atoms with van der Waals surface area (Å²) in [4.78, 5) is 23.6. The summed E-state index contributed by atoms with van der Waals surface area (Å²) in [5, 5.41) is 12.8. The van der Waals surface area contributed by atoms with Crippen LogP contribution in [0.1, 0.15) is 57.8 Å². The van der Waals surface area contributed by atoms with Gasteiger partial charge in [0.2, 0.25) is 0 Å². The van der Waals surface area contributed by atoms with Crippen molar-refractivity contribution < 1.29 is 4.79 Å². The van der Waals surface area contributed by atoms with E-state index in [9.17, 15) is 10.1 Å². The first-order valence-corrected chi connectivity index (χ1v) is 12.5. The molecule has 2 fully saturated rings. The molecule has 2 heterocycles. The summed E-state index contributed by atoms with van der Waals surface area (Å²) in [6.07, 6.45) is 8.04. The zero-order chi connectivity index (χ0) is 23.2. The van der Waals surface area contributed by atoms with Gasteiger partial charge in [0.05, 0.1) is 28.5 Å². The zero-order valence-electron chi connectivity index (χ0n) is 19.2. The number of benzene rings is 1. The largest absolute Gasteiger partial charge is 0.384 e. The first kappa shape index (κ1) is 23.1. The van der Waals surface area contributed by atoms with E-state index in [0.29, 0.717) is 22.7 Å². The van der Waals surface area contributed by atoms with E-state index >= 15 is 0 Å². The molecule has 0 unspecified atom stereocenters. The number of likely N-dealkylation sites (tertiary alicyclic amines) is 1. The molecule has 0 bridgehead atoms. The Morgan fingerprint density at radius 2 is 2.09 bits per heavy atom. The molecule has 4 rings (SSSR count). The molecule has 172 valence electrons. The van der Waals surface area contributed by atoms with E-state index in [2.05, 4.69) is 22.9 Å². The minimum Gasteiger partial charge on any atom is -0.384 e. The van der Waals surface area contributed by atoms with Gasteiger partial charge in [0, 0.05) is 38.9 Å². The van der Waals surface area contributed by atoms with Crippen LogP contribution in [0.5, 0.6) is 0 Å². The third-order valence-electron chi connectivity index (χ3n) is 6.15. The number of amides is 1. The van der Waals surface area contributed by atoms with Crippen molar-refractivity contribution in [2.75, 3.05) is 26.7 Å². The van der Waals surface area contributed by atoms with Gasteiger partial charge in [-0.15, -0.1) is 11.3 Å². The number of hydrogen-bond donors (Lipinski definition) is 1. The smallest absolute Gasteiger partial charge is 0.266 e. The van der Waals surface area contributed by atoms with Crippen molar-refractivity contribution in [3.05, 3.63) is 57.8 Å². The van der Waals surface area contributed by atoms with Crippen LogP contribution in [-0.4, -0.2) is 48.7 Å². The summed E-state index contributed by atoms with van der Waals surface area (Å²) in [6, 6.07) is 11.6. The number of thiophene rings is 1. The Labute approximate surface area is 200 Å². The van der Waals surface area contributed by atoms with E-state index in [4.69, 9.17) is 4.99 Å². The second kappa shape index (κ2) is 10.7. The predicted octanol–water partition coefficient (Wildman–Crippen LogP) is 5.01. The number of hydrogen-bond acceptors (Lipinski definition) is 5. The highest BCUT2D eigenvalue weighted by atomic mass is 32.1. The monoisotopic (exact) mass is 461 g/mol. The molecule has 0 spiro atoms. The highest BCUT2D eigenvalue weighted by Crippen LogP contribution is 2.35. The van der Waals surface area contributed by atoms with Gasteiger partial charge in [-0.3, -0.25) is 4.79 Å². The van der Waals surface area contributed by atoms with Gasteiger partial charge >= 0.3 is 0 Å². The third kappa shape index (κ3) is 6.02. The average Bonchev–Trinajstić information content (AvgIpc) is 3.58. The minimum absolute atomic E-state index is 0.0974. The third-order valence-corrected chi connectivity index (χ3v) is 7.32. The first-order chi connectivity index (χ1) is 16.0. The Bertz CT molecular complexity index is 1070. The SMILES string of the molecule is C=C(NCC1CC1)c1cc(N=CN2CCCCC2)c(C(=O)N(C)Cc2ccccc2C#N)s1. The van der Waals surface area contributed by atoms with Gasteiger partial charge in [-0.25, -0.2) is 4.99 Å². The molecule has 1 N–H and O–H groups in total. The number of piperidine rings is 1. The molecule has 1 saturated carbocycles. The zero-order valence-corrected chi connectivity index (χ0v) is 20.0. The lowest BCUT2D eigenvalue weighted by molar-refractivity contribution is 0.0790. The van der Waals surface area contributed by atoms with Gasteiger partial charge < -0.3 is 15.1 Å². The second-order valence-corrected chi connectivity index (χ2v) is 9.95. The molecule has 1 aliphatic heterocycles. The number of nitriles is 1. The maximum absolute atomic E-state index is 13.4. The van der Waals surface area contributed by atoms with Crippen LogP contribution in [0, 0.1) is 17.2 Å². The molecule has 2 aromatic rings. The van der Waals surface area contributed by atoms with Gasteiger partial charge in [0.15, 0.2) is 0 Å². The van der Waals surface area contributed by atoms with Crippen LogP contribution in [0.25, 0.3) is 5.70 Å². The fourth-order valence-electron chi connectivity index (χ4n) is 3.90. The summed E-state index contributed by atoms with van der Waals surface area (Å²) in [5.74, 6) is 0.644. The van der Waals surface area contributed by atoms with Crippen molar-refractivity contribution in [3.8, 4) is 6.07 Å². The van der Waals surface area contributed by atoms with Gasteiger partial charge in [-0.05, 0) is 55.7 Å². The number of nitrogens with one attached hydrogen (secondary N) is 1. The van der Waals surface area contributed by atoms with E-state index in [1.54, 1.807) is 18.0 Å². The average molecular weight is 462 g/mol. The van der Waals surface area contributed by atoms with Gasteiger partial charge in [0.1, 0.15) is 4.88 Å². The Hall–Kier alpha value is -3.11. The fraction of sp³-hybridized carbons (Fsp3) is 0.423. The number of nitrogens with zero attached hydrogens (tertiary/aromatic N) is 4. The molecule has 0 atom stereocenters. The van der Waals surface area contributed by atoms with Gasteiger partial charge in [0.25, 0.3) is 5.91 Å². The Morgan fingerprint density at radius 3 is 2.82 bits per heavy atom. The van der Waals surface area contributed by atoms with Crippen LogP contribution < -0.4 is 5.32 Å². The first-order valence-electron chi connectivity index (χ1n) is 11.6. The molecule has 1 aromatic carbocycles. The van der Waals surface area contributed by atoms with Crippen molar-refractivity contribution in [3.63, 3.8) is 0 Å². The maximum Gasteiger partial charge on any atom is 0.266 e. The molecule has 0 radical (unpaired) electrons. The summed E-state index contributed by atoms with van der Waals surface area (Å²) in [6.45, 7) is 7.50. The summed E-state index contributed by atoms with van der Waals surface area (Å²) >= 11 is 1.43. The molecule has 2 aliphatic rings. The molecule has 7 heteroatoms. The van der Waals surface area contributed by atoms with Crippen molar-refractivity contribution in [2.45, 2.75) is 38.6 Å². The molecule has 1 aromatic heterocycles. The molecule has 6 nitrogen and oxygen atoms in total. The van der Waals surface area contributed by atoms with Crippen LogP contribution in [-0.2, 0) is 6.54 Å². The van der Waals surface area contributed by atoms with E-state index in [1.807, 2.05) is 30.6 Å². The van der Waals surface area contributed by atoms with Gasteiger partial charge in [-0.2, -0.15) is 5.26 Å². The standard InChI is InChI=1S/C26H31N5OS/c1-19(28-16-20-10-11-20)24-14-23(29-18-31-12-6-3-7-13-31)25(33-24)26(32)30(2)17-22-9-5-4-8-21(22)15-27/h4-5,8-9,14,18,20,28H,1,3,6-7,10-13,16-17H2,2H3. The van der Waals surface area contributed by atoms with Crippen molar-refractivity contribution in [1.82, 2.24) is 15.1 Å². The molecular weight excluding hydrogens is 430 g/mol. The number of rotatable bonds is 9. The Morgan fingerprint density at radius 1 is 1.33 bits per heavy atom. The molecule has 1 saturated heterocycles. The highest BCUT2D eigenvalue weighted by Gasteiger charge is 2.24. The predicted molar refractivity (Wildman–Crippen MR) is 135 cm³/mol. The lowest BCUT2D eigenvalue weighted by Gasteiger charge is -2.23. The molecule has 33 heavy (non-hydrogen) atoms. The van der Waals surface area contributed by atoms with Gasteiger partial charge in [-0.1, -0.05) is 24.8 Å². The lowest BCUT2D eigenvalue weighted by atomic mass is 10.1. The quantitative estimate of drug-likeness (QED) is 0.421. The van der Waals surface area contributed by atoms with Crippen molar-refractivity contribution >= 4 is 35.0 Å². The minimum atomic E-state index is -0.0974. The van der Waals surface area contributed by atoms with E-state index in [0.717, 1.165) is 41.7 Å². The highest BCUT2D eigenvalue weighted by molar-refractivity contribution is 7.15. The number of carbonyl (C=O) groups excluding carboxylic acids is 1. The lowest BCUT2D eigenvalue weighted by Crippen LogP contribution is -2.28. The van der Waals surface area contributed by atoms with E-state index in [-0.39, 0.29) is 5.91 Å². The Balaban J connectivity index is 1.55. The second-order valence-electron chi connectivity index (χ2n) is 8.90. The summed E-state index contributed by atoms with van der Waals surface area (Å²) in [7, 11) is 1.77. The topological polar surface area (TPSA) is 71.7 Å². The number of carbonyl (C=O) groups is 1. The van der Waals surface area contributed by atoms with E-state index < -0.39 is 0 Å². The van der Waals surface area contributed by atoms with E-state index in [1.165, 1.54) is 43.4 Å². The Kier molecular flexibility index (Phi) is 7.46. The van der Waals surface area contributed by atoms with Crippen LogP contribution in [0.15, 0.2) is 41.9 Å². The summed E-state index contributed by atoms with van der Waals surface area (Å²) in [5.41, 5.74) is 2.95. The van der Waals surface area contributed by atoms with Crippen LogP contribution in [0.4, 0.5) is 5.69 Å². The molecule has 1 amide bonds. The molecule has 1 aliphatic carbocycles. The van der Waals surface area contributed by atoms with Crippen LogP contribution in [0.3, 0.4) is 0 Å². The fourth-order valence-corrected chi connectivity index (χ4v) is 4.95. The number of aliphatic imine (C=N–C) groups is 1.